The average molecular weight is 333 g/mol. The van der Waals surface area contributed by atoms with Crippen molar-refractivity contribution in [1.82, 2.24) is 14.5 Å². The van der Waals surface area contributed by atoms with E-state index in [9.17, 15) is 0 Å². The van der Waals surface area contributed by atoms with Gasteiger partial charge >= 0.3 is 0 Å². The summed E-state index contributed by atoms with van der Waals surface area (Å²) in [4.78, 5) is 7.28. The van der Waals surface area contributed by atoms with Gasteiger partial charge in [0, 0.05) is 44.1 Å². The van der Waals surface area contributed by atoms with Crippen LogP contribution in [0.3, 0.4) is 0 Å². The molecule has 4 nitrogen and oxygen atoms in total. The van der Waals surface area contributed by atoms with E-state index in [1.807, 2.05) is 12.5 Å². The van der Waals surface area contributed by atoms with Crippen molar-refractivity contribution in [3.63, 3.8) is 0 Å². The fourth-order valence-corrected chi connectivity index (χ4v) is 4.03. The van der Waals surface area contributed by atoms with Gasteiger partial charge in [-0.25, -0.2) is 4.98 Å². The minimum Gasteiger partial charge on any atom is -0.472 e. The summed E-state index contributed by atoms with van der Waals surface area (Å²) in [5.74, 6) is 2.41. The van der Waals surface area contributed by atoms with E-state index < -0.39 is 0 Å². The molecule has 2 aromatic heterocycles. The number of benzene rings is 1. The van der Waals surface area contributed by atoms with Gasteiger partial charge in [0.2, 0.25) is 0 Å². The molecule has 128 valence electrons. The van der Waals surface area contributed by atoms with Crippen LogP contribution in [0.5, 0.6) is 0 Å². The van der Waals surface area contributed by atoms with Gasteiger partial charge < -0.3 is 8.98 Å². The van der Waals surface area contributed by atoms with Crippen molar-refractivity contribution in [2.45, 2.75) is 38.4 Å². The Labute approximate surface area is 148 Å². The highest BCUT2D eigenvalue weighted by Gasteiger charge is 2.30. The third kappa shape index (κ3) is 3.02. The lowest BCUT2D eigenvalue weighted by atomic mass is 9.88. The number of imidazole rings is 1. The van der Waals surface area contributed by atoms with Crippen LogP contribution in [-0.4, -0.2) is 21.0 Å². The van der Waals surface area contributed by atoms with Crippen molar-refractivity contribution in [3.8, 4) is 0 Å². The lowest BCUT2D eigenvalue weighted by Crippen LogP contribution is -2.34. The molecule has 1 aliphatic carbocycles. The molecule has 1 aliphatic heterocycles. The van der Waals surface area contributed by atoms with Crippen molar-refractivity contribution in [2.75, 3.05) is 6.54 Å². The molecule has 3 aromatic rings. The quantitative estimate of drug-likeness (QED) is 0.707. The van der Waals surface area contributed by atoms with Crippen LogP contribution in [0.2, 0.25) is 0 Å². The topological polar surface area (TPSA) is 34.2 Å². The molecule has 4 heteroatoms. The molecular weight excluding hydrogens is 310 g/mol. The molecule has 1 aromatic carbocycles. The molecule has 1 atom stereocenters. The highest BCUT2D eigenvalue weighted by Crippen LogP contribution is 2.36. The van der Waals surface area contributed by atoms with Crippen molar-refractivity contribution in [1.29, 1.82) is 0 Å². The summed E-state index contributed by atoms with van der Waals surface area (Å²) in [7, 11) is 0. The predicted molar refractivity (Wildman–Crippen MR) is 96.1 cm³/mol. The molecule has 0 saturated heterocycles. The number of nitrogens with zero attached hydrogens (tertiary/aromatic N) is 3. The molecule has 3 heterocycles. The number of hydrogen-bond donors (Lipinski definition) is 0. The van der Waals surface area contributed by atoms with Gasteiger partial charge in [0.05, 0.1) is 18.4 Å². The summed E-state index contributed by atoms with van der Waals surface area (Å²) in [6.07, 6.45) is 10.5. The van der Waals surface area contributed by atoms with Crippen LogP contribution in [0.25, 0.3) is 0 Å². The van der Waals surface area contributed by atoms with Crippen LogP contribution in [0, 0.1) is 5.92 Å². The number of furan rings is 1. The lowest BCUT2D eigenvalue weighted by Gasteiger charge is -2.34. The van der Waals surface area contributed by atoms with Gasteiger partial charge in [0.25, 0.3) is 0 Å². The first-order valence-corrected chi connectivity index (χ1v) is 9.19. The maximum Gasteiger partial charge on any atom is 0.117 e. The van der Waals surface area contributed by atoms with Crippen LogP contribution < -0.4 is 0 Å². The van der Waals surface area contributed by atoms with Gasteiger partial charge in [0.15, 0.2) is 0 Å². The second kappa shape index (κ2) is 6.19. The molecule has 25 heavy (non-hydrogen) atoms. The van der Waals surface area contributed by atoms with Crippen LogP contribution in [0.15, 0.2) is 59.7 Å². The fourth-order valence-electron chi connectivity index (χ4n) is 4.03. The number of fused-ring (bicyclic) bond motifs is 1. The molecule has 2 aliphatic rings. The van der Waals surface area contributed by atoms with E-state index in [-0.39, 0.29) is 0 Å². The third-order valence-electron chi connectivity index (χ3n) is 5.46. The number of rotatable bonds is 5. The zero-order chi connectivity index (χ0) is 16.6. The minimum atomic E-state index is 0.339. The summed E-state index contributed by atoms with van der Waals surface area (Å²) in [5.41, 5.74) is 4.09. The van der Waals surface area contributed by atoms with Crippen LogP contribution in [-0.2, 0) is 19.6 Å². The second-order valence-electron chi connectivity index (χ2n) is 7.43. The predicted octanol–water partition coefficient (Wildman–Crippen LogP) is 4.03. The van der Waals surface area contributed by atoms with E-state index in [2.05, 4.69) is 46.0 Å². The van der Waals surface area contributed by atoms with Crippen molar-refractivity contribution < 1.29 is 4.42 Å². The Morgan fingerprint density at radius 1 is 1.16 bits per heavy atom. The molecule has 0 radical (unpaired) electrons. The highest BCUT2D eigenvalue weighted by molar-refractivity contribution is 5.37. The molecule has 0 spiro atoms. The lowest BCUT2D eigenvalue weighted by molar-refractivity contribution is 0.227. The van der Waals surface area contributed by atoms with E-state index >= 15 is 0 Å². The Kier molecular flexibility index (Phi) is 3.71. The van der Waals surface area contributed by atoms with Crippen molar-refractivity contribution in [3.05, 3.63) is 77.8 Å². The minimum absolute atomic E-state index is 0.339. The van der Waals surface area contributed by atoms with Gasteiger partial charge in [0.1, 0.15) is 5.82 Å². The van der Waals surface area contributed by atoms with Crippen LogP contribution in [0.1, 0.15) is 41.3 Å². The first-order chi connectivity index (χ1) is 12.4. The molecule has 5 rings (SSSR count). The summed E-state index contributed by atoms with van der Waals surface area (Å²) >= 11 is 0. The highest BCUT2D eigenvalue weighted by atomic mass is 16.3. The smallest absolute Gasteiger partial charge is 0.117 e. The molecular formula is C21H23N3O. The van der Waals surface area contributed by atoms with Gasteiger partial charge in [-0.2, -0.15) is 0 Å². The maximum absolute atomic E-state index is 5.25. The van der Waals surface area contributed by atoms with E-state index in [4.69, 9.17) is 9.40 Å². The monoisotopic (exact) mass is 333 g/mol. The standard InChI is InChI=1S/C21H23N3O/c1-2-4-19-18(3-1)13-23(11-17-7-10-25-15-17)14-20(19)21-22-8-9-24(21)12-16-5-6-16/h1-4,7-10,15-16,20H,5-6,11-14H2. The Balaban J connectivity index is 1.47. The Morgan fingerprint density at radius 2 is 2.08 bits per heavy atom. The van der Waals surface area contributed by atoms with Crippen molar-refractivity contribution in [2.24, 2.45) is 5.92 Å². The molecule has 1 saturated carbocycles. The maximum atomic E-state index is 5.25. The normalized spacial score (nSPS) is 20.6. The Morgan fingerprint density at radius 3 is 2.92 bits per heavy atom. The molecule has 0 amide bonds. The number of aromatic nitrogens is 2. The van der Waals surface area contributed by atoms with E-state index in [1.54, 1.807) is 6.26 Å². The zero-order valence-electron chi connectivity index (χ0n) is 14.3. The average Bonchev–Trinajstić information content (AvgIpc) is 3.09. The van der Waals surface area contributed by atoms with Crippen molar-refractivity contribution >= 4 is 0 Å². The molecule has 1 fully saturated rings. The van der Waals surface area contributed by atoms with Gasteiger partial charge in [-0.3, -0.25) is 4.90 Å². The summed E-state index contributed by atoms with van der Waals surface area (Å²) in [6, 6.07) is 10.9. The van der Waals surface area contributed by atoms with E-state index in [1.165, 1.54) is 35.4 Å². The van der Waals surface area contributed by atoms with Gasteiger partial charge in [-0.05, 0) is 36.0 Å². The molecule has 1 unspecified atom stereocenters. The molecule has 0 bridgehead atoms. The largest absolute Gasteiger partial charge is 0.472 e. The van der Waals surface area contributed by atoms with Gasteiger partial charge in [-0.15, -0.1) is 0 Å². The van der Waals surface area contributed by atoms with Crippen LogP contribution in [0.4, 0.5) is 0 Å². The van der Waals surface area contributed by atoms with E-state index in [0.717, 1.165) is 32.1 Å². The summed E-state index contributed by atoms with van der Waals surface area (Å²) in [6.45, 7) is 4.03. The fraction of sp³-hybridized carbons (Fsp3) is 0.381. The summed E-state index contributed by atoms with van der Waals surface area (Å²) < 4.78 is 7.64. The van der Waals surface area contributed by atoms with E-state index in [0.29, 0.717) is 5.92 Å². The van der Waals surface area contributed by atoms with Crippen LogP contribution >= 0.6 is 0 Å². The summed E-state index contributed by atoms with van der Waals surface area (Å²) in [5, 5.41) is 0. The Bertz CT molecular complexity index is 848. The van der Waals surface area contributed by atoms with Gasteiger partial charge in [-0.1, -0.05) is 24.3 Å². The molecule has 0 N–H and O–H groups in total. The first kappa shape index (κ1) is 15.0. The second-order valence-corrected chi connectivity index (χ2v) is 7.43. The first-order valence-electron chi connectivity index (χ1n) is 9.19. The SMILES string of the molecule is c1ccc2c(c1)CN(Cc1ccoc1)CC2c1nccn1CC1CC1. The number of hydrogen-bond acceptors (Lipinski definition) is 3. The third-order valence-corrected chi connectivity index (χ3v) is 5.46. The zero-order valence-corrected chi connectivity index (χ0v) is 14.3. The Hall–Kier alpha value is -2.33.